The molecular weight excluding hydrogens is 578 g/mol. The van der Waals surface area contributed by atoms with Crippen molar-refractivity contribution in [2.45, 2.75) is 51.5 Å². The van der Waals surface area contributed by atoms with Crippen LogP contribution in [0.25, 0.3) is 11.3 Å². The van der Waals surface area contributed by atoms with Crippen LogP contribution < -0.4 is 10.1 Å². The van der Waals surface area contributed by atoms with Crippen molar-refractivity contribution in [2.24, 2.45) is 5.92 Å². The number of piperidine rings is 1. The van der Waals surface area contributed by atoms with Crippen LogP contribution in [-0.2, 0) is 14.3 Å². The van der Waals surface area contributed by atoms with Gasteiger partial charge in [0.2, 0.25) is 5.91 Å². The molecule has 244 valence electrons. The summed E-state index contributed by atoms with van der Waals surface area (Å²) in [5.74, 6) is -1.16. The van der Waals surface area contributed by atoms with Gasteiger partial charge in [0.1, 0.15) is 17.5 Å². The second-order valence-electron chi connectivity index (χ2n) is 11.7. The van der Waals surface area contributed by atoms with E-state index >= 15 is 0 Å². The van der Waals surface area contributed by atoms with Crippen LogP contribution in [0.1, 0.15) is 55.9 Å². The van der Waals surface area contributed by atoms with Crippen LogP contribution in [0.15, 0.2) is 42.5 Å². The zero-order valence-electron chi connectivity index (χ0n) is 26.3. The number of benzene rings is 1. The summed E-state index contributed by atoms with van der Waals surface area (Å²) in [6.07, 6.45) is 2.95. The average molecular weight is 624 g/mol. The number of aromatic nitrogens is 1. The van der Waals surface area contributed by atoms with Gasteiger partial charge < -0.3 is 34.6 Å². The predicted octanol–water partition coefficient (Wildman–Crippen LogP) is 3.51. The summed E-state index contributed by atoms with van der Waals surface area (Å²) in [7, 11) is 2.11. The third-order valence-corrected chi connectivity index (χ3v) is 8.25. The number of carbonyl (C=O) groups is 4. The van der Waals surface area contributed by atoms with E-state index in [9.17, 15) is 24.3 Å². The molecule has 1 atom stereocenters. The molecule has 2 aromatic rings. The molecule has 2 saturated heterocycles. The second-order valence-corrected chi connectivity index (χ2v) is 11.7. The lowest BCUT2D eigenvalue weighted by atomic mass is 9.98. The molecule has 2 aliphatic rings. The minimum Gasteiger partial charge on any atom is -0.493 e. The molecule has 3 heterocycles. The molecule has 2 N–H and O–H groups in total. The number of likely N-dealkylation sites (tertiary alicyclic amines) is 1. The number of nitrogens with zero attached hydrogens (tertiary/aromatic N) is 4. The Bertz CT molecular complexity index is 1290. The number of hydrogen-bond donors (Lipinski definition) is 2. The number of piperazine rings is 1. The van der Waals surface area contributed by atoms with E-state index in [4.69, 9.17) is 9.47 Å². The smallest absolute Gasteiger partial charge is 0.409 e. The Kier molecular flexibility index (Phi) is 12.6. The molecule has 2 aliphatic heterocycles. The van der Waals surface area contributed by atoms with Gasteiger partial charge in [0.05, 0.1) is 18.9 Å². The summed E-state index contributed by atoms with van der Waals surface area (Å²) in [6.45, 7) is 5.97. The fourth-order valence-electron chi connectivity index (χ4n) is 5.39. The zero-order valence-corrected chi connectivity index (χ0v) is 26.3. The highest BCUT2D eigenvalue weighted by atomic mass is 16.6. The van der Waals surface area contributed by atoms with Crippen molar-refractivity contribution in [2.75, 3.05) is 59.5 Å². The van der Waals surface area contributed by atoms with Crippen LogP contribution in [0.2, 0.25) is 0 Å². The summed E-state index contributed by atoms with van der Waals surface area (Å²) in [5.41, 5.74) is 1.43. The number of pyridine rings is 1. The Hall–Kier alpha value is -4.19. The van der Waals surface area contributed by atoms with Crippen molar-refractivity contribution in [1.29, 1.82) is 0 Å². The van der Waals surface area contributed by atoms with Gasteiger partial charge in [-0.3, -0.25) is 14.4 Å². The zero-order chi connectivity index (χ0) is 32.2. The predicted molar refractivity (Wildman–Crippen MR) is 168 cm³/mol. The Labute approximate surface area is 264 Å². The molecule has 0 radical (unpaired) electrons. The molecule has 12 heteroatoms. The Balaban J connectivity index is 1.46. The van der Waals surface area contributed by atoms with Gasteiger partial charge in [0, 0.05) is 50.3 Å². The molecule has 2 fully saturated rings. The molecule has 1 aromatic carbocycles. The number of rotatable bonds is 13. The van der Waals surface area contributed by atoms with Gasteiger partial charge in [-0.05, 0) is 51.7 Å². The molecule has 0 saturated carbocycles. The van der Waals surface area contributed by atoms with E-state index in [1.807, 2.05) is 37.3 Å². The first kappa shape index (κ1) is 33.7. The summed E-state index contributed by atoms with van der Waals surface area (Å²) in [4.78, 5) is 60.9. The van der Waals surface area contributed by atoms with Gasteiger partial charge in [0.15, 0.2) is 0 Å². The first-order valence-electron chi connectivity index (χ1n) is 15.9. The molecule has 1 aromatic heterocycles. The molecular formula is C33H45N5O7. The highest BCUT2D eigenvalue weighted by molar-refractivity contribution is 5.97. The van der Waals surface area contributed by atoms with Crippen LogP contribution in [0.4, 0.5) is 4.79 Å². The number of unbranched alkanes of at least 4 members (excludes halogenated alkanes) is 1. The van der Waals surface area contributed by atoms with Crippen LogP contribution in [-0.4, -0.2) is 114 Å². The van der Waals surface area contributed by atoms with Crippen molar-refractivity contribution in [3.63, 3.8) is 0 Å². The fraction of sp³-hybridized carbons (Fsp3) is 0.545. The second kappa shape index (κ2) is 16.8. The lowest BCUT2D eigenvalue weighted by molar-refractivity contribution is -0.138. The van der Waals surface area contributed by atoms with Crippen molar-refractivity contribution in [3.05, 3.63) is 48.2 Å². The van der Waals surface area contributed by atoms with E-state index in [-0.39, 0.29) is 44.7 Å². The maximum atomic E-state index is 13.6. The van der Waals surface area contributed by atoms with E-state index in [2.05, 4.69) is 22.2 Å². The van der Waals surface area contributed by atoms with Crippen LogP contribution in [0.5, 0.6) is 5.75 Å². The van der Waals surface area contributed by atoms with Gasteiger partial charge in [-0.1, -0.05) is 43.7 Å². The van der Waals surface area contributed by atoms with E-state index in [0.717, 1.165) is 44.3 Å². The van der Waals surface area contributed by atoms with Gasteiger partial charge in [0.25, 0.3) is 5.91 Å². The molecule has 0 aliphatic carbocycles. The Morgan fingerprint density at radius 3 is 2.36 bits per heavy atom. The van der Waals surface area contributed by atoms with Crippen molar-refractivity contribution < 1.29 is 33.8 Å². The number of carboxylic acids is 1. The maximum absolute atomic E-state index is 13.6. The van der Waals surface area contributed by atoms with Crippen molar-refractivity contribution >= 4 is 23.9 Å². The lowest BCUT2D eigenvalue weighted by Gasteiger charge is -2.36. The largest absolute Gasteiger partial charge is 0.493 e. The number of aliphatic carboxylic acids is 1. The lowest BCUT2D eigenvalue weighted by Crippen LogP contribution is -2.56. The number of ether oxygens (including phenoxy) is 2. The number of carboxylic acid groups (broad SMARTS) is 1. The molecule has 0 spiro atoms. The highest BCUT2D eigenvalue weighted by Crippen LogP contribution is 2.25. The Morgan fingerprint density at radius 1 is 1.00 bits per heavy atom. The molecule has 3 amide bonds. The summed E-state index contributed by atoms with van der Waals surface area (Å²) >= 11 is 0. The highest BCUT2D eigenvalue weighted by Gasteiger charge is 2.31. The first-order valence-corrected chi connectivity index (χ1v) is 15.9. The van der Waals surface area contributed by atoms with Crippen molar-refractivity contribution in [3.8, 4) is 17.0 Å². The summed E-state index contributed by atoms with van der Waals surface area (Å²) in [6, 6.07) is 11.7. The Morgan fingerprint density at radius 2 is 1.69 bits per heavy atom. The average Bonchev–Trinajstić information content (AvgIpc) is 3.06. The maximum Gasteiger partial charge on any atom is 0.409 e. The third kappa shape index (κ3) is 10.2. The molecule has 45 heavy (non-hydrogen) atoms. The number of nitrogens with one attached hydrogen (secondary N) is 1. The van der Waals surface area contributed by atoms with E-state index < -0.39 is 29.9 Å². The molecule has 12 nitrogen and oxygen atoms in total. The van der Waals surface area contributed by atoms with E-state index in [0.29, 0.717) is 30.6 Å². The minimum absolute atomic E-state index is 0.0718. The van der Waals surface area contributed by atoms with Crippen LogP contribution in [0.3, 0.4) is 0 Å². The SMILES string of the molecule is CCCCOC(=O)N1CCN(C(=O)[C@H](CCC(=O)O)NC(=O)c2cc(OCC3CCN(C)CC3)cc(-c3ccccc3)n2)CC1. The van der Waals surface area contributed by atoms with Gasteiger partial charge >= 0.3 is 12.1 Å². The van der Waals surface area contributed by atoms with Crippen LogP contribution in [0, 0.1) is 5.92 Å². The van der Waals surface area contributed by atoms with Gasteiger partial charge in [-0.2, -0.15) is 0 Å². The fourth-order valence-corrected chi connectivity index (χ4v) is 5.39. The van der Waals surface area contributed by atoms with Gasteiger partial charge in [-0.15, -0.1) is 0 Å². The quantitative estimate of drug-likeness (QED) is 0.321. The normalized spacial score (nSPS) is 16.6. The van der Waals surface area contributed by atoms with Crippen LogP contribution >= 0.6 is 0 Å². The summed E-state index contributed by atoms with van der Waals surface area (Å²) in [5, 5.41) is 12.1. The number of carbonyl (C=O) groups excluding carboxylic acids is 3. The van der Waals surface area contributed by atoms with E-state index in [1.54, 1.807) is 21.9 Å². The molecule has 4 rings (SSSR count). The summed E-state index contributed by atoms with van der Waals surface area (Å²) < 4.78 is 11.5. The standard InChI is InChI=1S/C33H45N5O7/c1-3-4-20-44-33(43)38-18-16-37(17-19-38)32(42)27(10-11-30(39)40)35-31(41)29-22-26(45-23-24-12-14-36(2)15-13-24)21-28(34-29)25-8-6-5-7-9-25/h5-9,21-22,24,27H,3-4,10-20,23H2,1-2H3,(H,35,41)(H,39,40)/t27-/m0/s1. The van der Waals surface area contributed by atoms with Gasteiger partial charge in [-0.25, -0.2) is 9.78 Å². The first-order chi connectivity index (χ1) is 21.7. The third-order valence-electron chi connectivity index (χ3n) is 8.25. The molecule has 0 unspecified atom stereocenters. The van der Waals surface area contributed by atoms with Crippen molar-refractivity contribution in [1.82, 2.24) is 25.0 Å². The molecule has 0 bridgehead atoms. The van der Waals surface area contributed by atoms with E-state index in [1.165, 1.54) is 0 Å². The monoisotopic (exact) mass is 623 g/mol. The number of amides is 3. The topological polar surface area (TPSA) is 142 Å². The minimum atomic E-state index is -1.08. The number of hydrogen-bond acceptors (Lipinski definition) is 8.